The van der Waals surface area contributed by atoms with Gasteiger partial charge in [-0.2, -0.15) is 4.98 Å². The first-order valence-corrected chi connectivity index (χ1v) is 10.4. The number of carbonyl (C=O) groups is 1. The first-order chi connectivity index (χ1) is 14.5. The van der Waals surface area contributed by atoms with E-state index in [0.717, 1.165) is 38.0 Å². The number of halogens is 2. The van der Waals surface area contributed by atoms with Crippen LogP contribution >= 0.6 is 24.0 Å². The van der Waals surface area contributed by atoms with Gasteiger partial charge in [-0.1, -0.05) is 24.6 Å². The summed E-state index contributed by atoms with van der Waals surface area (Å²) in [5.74, 6) is 0.292. The van der Waals surface area contributed by atoms with E-state index in [4.69, 9.17) is 21.1 Å². The number of hydrogen-bond donors (Lipinski definition) is 2. The maximum Gasteiger partial charge on any atom is 0.341 e. The number of anilines is 2. The lowest BCUT2D eigenvalue weighted by Gasteiger charge is -2.25. The summed E-state index contributed by atoms with van der Waals surface area (Å²) in [4.78, 5) is 22.6. The molecule has 8 nitrogen and oxygen atoms in total. The summed E-state index contributed by atoms with van der Waals surface area (Å²) in [5.41, 5.74) is 0.903. The highest BCUT2D eigenvalue weighted by molar-refractivity contribution is 6.32. The minimum Gasteiger partial charge on any atom is -0.495 e. The van der Waals surface area contributed by atoms with E-state index in [9.17, 15) is 9.90 Å². The second kappa shape index (κ2) is 11.9. The van der Waals surface area contributed by atoms with Gasteiger partial charge in [-0.05, 0) is 37.0 Å². The van der Waals surface area contributed by atoms with Crippen molar-refractivity contribution in [2.24, 2.45) is 0 Å². The topological polar surface area (TPSA) is 96.8 Å². The molecule has 170 valence electrons. The van der Waals surface area contributed by atoms with Crippen LogP contribution in [0.2, 0.25) is 5.02 Å². The number of aromatic carboxylic acids is 1. The summed E-state index contributed by atoms with van der Waals surface area (Å²) in [6.07, 6.45) is 4.36. The summed E-state index contributed by atoms with van der Waals surface area (Å²) in [6, 6.07) is 5.60. The molecule has 0 saturated carbocycles. The Morgan fingerprint density at radius 3 is 2.90 bits per heavy atom. The fraction of sp³-hybridized carbons (Fsp3) is 0.476. The van der Waals surface area contributed by atoms with Gasteiger partial charge in [-0.25, -0.2) is 9.78 Å². The summed E-state index contributed by atoms with van der Waals surface area (Å²) in [5, 5.41) is 13.1. The Morgan fingerprint density at radius 1 is 1.42 bits per heavy atom. The summed E-state index contributed by atoms with van der Waals surface area (Å²) in [6.45, 7) is 4.60. The van der Waals surface area contributed by atoms with Crippen LogP contribution in [-0.4, -0.2) is 54.0 Å². The number of ether oxygens (including phenoxy) is 2. The lowest BCUT2D eigenvalue weighted by molar-refractivity contribution is 0.0697. The van der Waals surface area contributed by atoms with Gasteiger partial charge in [0.05, 0.1) is 24.8 Å². The number of methoxy groups -OCH3 is 1. The van der Waals surface area contributed by atoms with E-state index in [2.05, 4.69) is 27.1 Å². The predicted octanol–water partition coefficient (Wildman–Crippen LogP) is 4.27. The zero-order valence-corrected chi connectivity index (χ0v) is 19.2. The molecule has 3 rings (SSSR count). The second-order valence-electron chi connectivity index (χ2n) is 7.12. The Hall–Kier alpha value is -2.29. The average molecular weight is 471 g/mol. The highest BCUT2D eigenvalue weighted by Gasteiger charge is 2.28. The molecule has 1 aliphatic heterocycles. The zero-order chi connectivity index (χ0) is 21.5. The molecule has 1 saturated heterocycles. The van der Waals surface area contributed by atoms with E-state index < -0.39 is 5.97 Å². The molecule has 0 radical (unpaired) electrons. The van der Waals surface area contributed by atoms with E-state index in [-0.39, 0.29) is 29.8 Å². The molecular weight excluding hydrogens is 443 g/mol. The molecule has 31 heavy (non-hydrogen) atoms. The van der Waals surface area contributed by atoms with Gasteiger partial charge in [0.2, 0.25) is 5.95 Å². The maximum absolute atomic E-state index is 11.7. The second-order valence-corrected chi connectivity index (χ2v) is 7.53. The minimum absolute atomic E-state index is 0. The molecule has 2 heterocycles. The third kappa shape index (κ3) is 6.35. The van der Waals surface area contributed by atoms with Crippen molar-refractivity contribution < 1.29 is 19.4 Å². The Labute approximate surface area is 193 Å². The highest BCUT2D eigenvalue weighted by Crippen LogP contribution is 2.27. The van der Waals surface area contributed by atoms with Crippen LogP contribution in [0, 0.1) is 0 Å². The van der Waals surface area contributed by atoms with Gasteiger partial charge >= 0.3 is 5.97 Å². The van der Waals surface area contributed by atoms with Crippen molar-refractivity contribution in [1.82, 2.24) is 9.97 Å². The monoisotopic (exact) mass is 470 g/mol. The first-order valence-electron chi connectivity index (χ1n) is 10.0. The molecule has 0 amide bonds. The van der Waals surface area contributed by atoms with Crippen molar-refractivity contribution in [2.75, 3.05) is 37.1 Å². The molecule has 0 spiro atoms. The normalized spacial score (nSPS) is 15.5. The molecule has 2 aromatic rings. The minimum atomic E-state index is -1.08. The van der Waals surface area contributed by atoms with Gasteiger partial charge in [0, 0.05) is 25.9 Å². The van der Waals surface area contributed by atoms with E-state index in [1.54, 1.807) is 19.2 Å². The average Bonchev–Trinajstić information content (AvgIpc) is 3.21. The lowest BCUT2D eigenvalue weighted by Crippen LogP contribution is -2.34. The number of rotatable bonds is 10. The van der Waals surface area contributed by atoms with Crippen LogP contribution in [0.4, 0.5) is 11.8 Å². The fourth-order valence-electron chi connectivity index (χ4n) is 3.44. The van der Waals surface area contributed by atoms with E-state index in [1.807, 2.05) is 6.07 Å². The van der Waals surface area contributed by atoms with Gasteiger partial charge in [0.25, 0.3) is 0 Å². The van der Waals surface area contributed by atoms with Crippen LogP contribution < -0.4 is 15.0 Å². The van der Waals surface area contributed by atoms with Gasteiger partial charge in [-0.15, -0.1) is 12.4 Å². The van der Waals surface area contributed by atoms with Crippen LogP contribution in [0.5, 0.6) is 5.75 Å². The molecule has 1 aliphatic rings. The molecule has 2 N–H and O–H groups in total. The fourth-order valence-corrected chi connectivity index (χ4v) is 3.72. The largest absolute Gasteiger partial charge is 0.495 e. The van der Waals surface area contributed by atoms with Crippen LogP contribution in [0.25, 0.3) is 0 Å². The molecule has 0 bridgehead atoms. The Kier molecular flexibility index (Phi) is 9.61. The van der Waals surface area contributed by atoms with Gasteiger partial charge < -0.3 is 24.8 Å². The van der Waals surface area contributed by atoms with Crippen molar-refractivity contribution in [2.45, 2.75) is 38.8 Å². The third-order valence-corrected chi connectivity index (χ3v) is 5.27. The Bertz CT molecular complexity index is 884. The lowest BCUT2D eigenvalue weighted by atomic mass is 10.2. The highest BCUT2D eigenvalue weighted by atomic mass is 35.5. The molecule has 10 heteroatoms. The van der Waals surface area contributed by atoms with Crippen molar-refractivity contribution in [1.29, 1.82) is 0 Å². The summed E-state index contributed by atoms with van der Waals surface area (Å²) < 4.78 is 10.9. The van der Waals surface area contributed by atoms with Gasteiger partial charge in [-0.3, -0.25) is 0 Å². The predicted molar refractivity (Wildman–Crippen MR) is 123 cm³/mol. The number of hydrogen-bond acceptors (Lipinski definition) is 7. The molecule has 1 fully saturated rings. The number of aromatic nitrogens is 2. The molecule has 1 aromatic carbocycles. The van der Waals surface area contributed by atoms with Crippen molar-refractivity contribution in [3.05, 3.63) is 40.5 Å². The smallest absolute Gasteiger partial charge is 0.341 e. The number of carboxylic acid groups (broad SMARTS) is 1. The van der Waals surface area contributed by atoms with Crippen molar-refractivity contribution in [3.8, 4) is 5.75 Å². The van der Waals surface area contributed by atoms with Gasteiger partial charge in [0.1, 0.15) is 17.1 Å². The zero-order valence-electron chi connectivity index (χ0n) is 17.6. The molecule has 1 unspecified atom stereocenters. The maximum atomic E-state index is 11.7. The summed E-state index contributed by atoms with van der Waals surface area (Å²) >= 11 is 6.18. The number of benzene rings is 1. The van der Waals surface area contributed by atoms with Crippen LogP contribution in [-0.2, 0) is 11.3 Å². The van der Waals surface area contributed by atoms with Crippen molar-refractivity contribution >= 4 is 41.7 Å². The van der Waals surface area contributed by atoms with E-state index in [0.29, 0.717) is 29.9 Å². The Morgan fingerprint density at radius 2 is 2.23 bits per heavy atom. The Balaban J connectivity index is 0.00000341. The van der Waals surface area contributed by atoms with E-state index >= 15 is 0 Å². The third-order valence-electron chi connectivity index (χ3n) is 4.98. The van der Waals surface area contributed by atoms with Crippen LogP contribution in [0.1, 0.15) is 42.1 Å². The molecule has 1 aromatic heterocycles. The number of nitrogens with zero attached hydrogens (tertiary/aromatic N) is 3. The number of carboxylic acids is 1. The van der Waals surface area contributed by atoms with Crippen molar-refractivity contribution in [3.63, 3.8) is 0 Å². The molecule has 0 aliphatic carbocycles. The van der Waals surface area contributed by atoms with Gasteiger partial charge in [0.15, 0.2) is 0 Å². The molecule has 1 atom stereocenters. The molecular formula is C21H28Cl2N4O4. The quantitative estimate of drug-likeness (QED) is 0.496. The first kappa shape index (κ1) is 25.0. The standard InChI is InChI=1S/C21H27ClN4O4.ClH/c1-3-9-30-13-15-5-4-8-26(15)21-24-12-16(20(27)28)19(25-21)23-11-14-6-7-18(29-2)17(22)10-14;/h6-7,10,12,15H,3-5,8-9,11,13H2,1-2H3,(H,27,28)(H,23,24,25);1H. The van der Waals surface area contributed by atoms with Crippen LogP contribution in [0.3, 0.4) is 0 Å². The summed E-state index contributed by atoms with van der Waals surface area (Å²) in [7, 11) is 1.56. The van der Waals surface area contributed by atoms with Crippen LogP contribution in [0.15, 0.2) is 24.4 Å². The SMILES string of the molecule is CCCOCC1CCCN1c1ncc(C(=O)O)c(NCc2ccc(OC)c(Cl)c2)n1.Cl. The number of nitrogens with one attached hydrogen (secondary N) is 1. The van der Waals surface area contributed by atoms with E-state index in [1.165, 1.54) is 6.20 Å².